The van der Waals surface area contributed by atoms with Crippen LogP contribution in [0.5, 0.6) is 0 Å². The largest absolute Gasteiger partial charge is 0.352 e. The van der Waals surface area contributed by atoms with E-state index in [1.807, 2.05) is 36.5 Å². The molecule has 116 valence electrons. The number of carbonyl (C=O) groups is 1. The number of rotatable bonds is 5. The Balaban J connectivity index is 1.53. The number of nitrogens with one attached hydrogen (secondary N) is 2. The van der Waals surface area contributed by atoms with Gasteiger partial charge in [-0.1, -0.05) is 12.1 Å². The molecule has 2 aromatic heterocycles. The molecule has 0 atom stereocenters. The lowest BCUT2D eigenvalue weighted by atomic mass is 10.1. The lowest BCUT2D eigenvalue weighted by Gasteiger charge is -2.06. The first-order chi connectivity index (χ1) is 11.2. The van der Waals surface area contributed by atoms with E-state index in [9.17, 15) is 9.59 Å². The monoisotopic (exact) mass is 308 g/mol. The molecule has 3 aromatic rings. The normalized spacial score (nSPS) is 10.4. The van der Waals surface area contributed by atoms with Gasteiger partial charge in [0.15, 0.2) is 0 Å². The van der Waals surface area contributed by atoms with Gasteiger partial charge in [0.2, 0.25) is 5.56 Å². The molecule has 0 aliphatic heterocycles. The van der Waals surface area contributed by atoms with E-state index in [2.05, 4.69) is 15.4 Å². The van der Waals surface area contributed by atoms with Gasteiger partial charge in [-0.2, -0.15) is 5.10 Å². The molecular formula is C17H16N4O2. The molecule has 0 saturated carbocycles. The molecule has 6 heteroatoms. The first kappa shape index (κ1) is 14.8. The lowest BCUT2D eigenvalue weighted by Crippen LogP contribution is -2.26. The molecule has 0 aliphatic rings. The summed E-state index contributed by atoms with van der Waals surface area (Å²) in [4.78, 5) is 25.4. The van der Waals surface area contributed by atoms with E-state index in [4.69, 9.17) is 0 Å². The highest BCUT2D eigenvalue weighted by Gasteiger charge is 2.04. The molecule has 1 amide bonds. The van der Waals surface area contributed by atoms with Gasteiger partial charge in [0.1, 0.15) is 0 Å². The number of nitrogens with zero attached hydrogens (tertiary/aromatic N) is 2. The zero-order valence-corrected chi connectivity index (χ0v) is 12.4. The van der Waals surface area contributed by atoms with Gasteiger partial charge in [0.05, 0.1) is 11.3 Å². The fraction of sp³-hybridized carbons (Fsp3) is 0.118. The van der Waals surface area contributed by atoms with Crippen molar-refractivity contribution in [2.24, 2.45) is 0 Å². The highest BCUT2D eigenvalue weighted by molar-refractivity contribution is 5.93. The molecule has 0 bridgehead atoms. The molecule has 0 fully saturated rings. The van der Waals surface area contributed by atoms with E-state index in [0.29, 0.717) is 12.1 Å². The third-order valence-electron chi connectivity index (χ3n) is 3.45. The fourth-order valence-corrected chi connectivity index (χ4v) is 2.21. The summed E-state index contributed by atoms with van der Waals surface area (Å²) in [5.41, 5.74) is 2.34. The summed E-state index contributed by atoms with van der Waals surface area (Å²) in [7, 11) is 0. The zero-order chi connectivity index (χ0) is 16.1. The van der Waals surface area contributed by atoms with Crippen LogP contribution in [0.1, 0.15) is 15.9 Å². The Morgan fingerprint density at radius 1 is 1.17 bits per heavy atom. The number of carbonyl (C=O) groups excluding carboxylic acids is 1. The van der Waals surface area contributed by atoms with Gasteiger partial charge < -0.3 is 10.3 Å². The maximum Gasteiger partial charge on any atom is 0.252 e. The minimum Gasteiger partial charge on any atom is -0.352 e. The molecule has 0 saturated heterocycles. The van der Waals surface area contributed by atoms with Gasteiger partial charge in [-0.05, 0) is 36.2 Å². The van der Waals surface area contributed by atoms with E-state index in [-0.39, 0.29) is 11.5 Å². The molecule has 2 N–H and O–H groups in total. The summed E-state index contributed by atoms with van der Waals surface area (Å²) in [5.74, 6) is -0.200. The van der Waals surface area contributed by atoms with Crippen LogP contribution in [-0.2, 0) is 6.42 Å². The Kier molecular flexibility index (Phi) is 4.33. The van der Waals surface area contributed by atoms with Crippen molar-refractivity contribution in [2.75, 3.05) is 6.54 Å². The molecular weight excluding hydrogens is 292 g/mol. The molecule has 1 aromatic carbocycles. The summed E-state index contributed by atoms with van der Waals surface area (Å²) in [6, 6.07) is 12.7. The van der Waals surface area contributed by atoms with Crippen molar-refractivity contribution in [1.29, 1.82) is 0 Å². The SMILES string of the molecule is O=C(NCCc1ccc(-n2cccn2)cc1)c1ccc(=O)[nH]c1. The molecule has 3 rings (SSSR count). The minimum absolute atomic E-state index is 0.200. The maximum atomic E-state index is 11.9. The molecule has 2 heterocycles. The van der Waals surface area contributed by atoms with Crippen LogP contribution < -0.4 is 10.9 Å². The van der Waals surface area contributed by atoms with Gasteiger partial charge in [0, 0.05) is 31.2 Å². The van der Waals surface area contributed by atoms with Crippen LogP contribution in [0.3, 0.4) is 0 Å². The van der Waals surface area contributed by atoms with Crippen LogP contribution in [0, 0.1) is 0 Å². The Morgan fingerprint density at radius 2 is 2.00 bits per heavy atom. The first-order valence-electron chi connectivity index (χ1n) is 7.28. The summed E-state index contributed by atoms with van der Waals surface area (Å²) < 4.78 is 1.79. The number of aromatic amines is 1. The topological polar surface area (TPSA) is 79.8 Å². The van der Waals surface area contributed by atoms with Crippen LogP contribution in [0.4, 0.5) is 0 Å². The standard InChI is InChI=1S/C17H16N4O2/c22-16-7-4-14(12-19-16)17(23)18-10-8-13-2-5-15(6-3-13)21-11-1-9-20-21/h1-7,9,11-12H,8,10H2,(H,18,23)(H,19,22). The Labute approximate surface area is 132 Å². The quantitative estimate of drug-likeness (QED) is 0.750. The number of hydrogen-bond donors (Lipinski definition) is 2. The summed E-state index contributed by atoms with van der Waals surface area (Å²) in [6.07, 6.45) is 5.77. The number of amides is 1. The summed E-state index contributed by atoms with van der Waals surface area (Å²) >= 11 is 0. The molecule has 0 unspecified atom stereocenters. The van der Waals surface area contributed by atoms with E-state index in [0.717, 1.165) is 17.7 Å². The first-order valence-corrected chi connectivity index (χ1v) is 7.28. The van der Waals surface area contributed by atoms with Crippen LogP contribution in [-0.4, -0.2) is 27.2 Å². The fourth-order valence-electron chi connectivity index (χ4n) is 2.21. The van der Waals surface area contributed by atoms with Crippen LogP contribution in [0.2, 0.25) is 0 Å². The highest BCUT2D eigenvalue weighted by atomic mass is 16.1. The second-order valence-electron chi connectivity index (χ2n) is 5.06. The van der Waals surface area contributed by atoms with Crippen LogP contribution >= 0.6 is 0 Å². The third-order valence-corrected chi connectivity index (χ3v) is 3.45. The second-order valence-corrected chi connectivity index (χ2v) is 5.06. The van der Waals surface area contributed by atoms with Crippen molar-refractivity contribution < 1.29 is 4.79 Å². The van der Waals surface area contributed by atoms with E-state index >= 15 is 0 Å². The number of hydrogen-bond acceptors (Lipinski definition) is 3. The van der Waals surface area contributed by atoms with E-state index in [1.165, 1.54) is 18.3 Å². The van der Waals surface area contributed by atoms with Crippen molar-refractivity contribution in [3.05, 3.63) is 82.5 Å². The van der Waals surface area contributed by atoms with Crippen molar-refractivity contribution >= 4 is 5.91 Å². The van der Waals surface area contributed by atoms with Gasteiger partial charge in [-0.3, -0.25) is 9.59 Å². The van der Waals surface area contributed by atoms with E-state index < -0.39 is 0 Å². The van der Waals surface area contributed by atoms with Gasteiger partial charge >= 0.3 is 0 Å². The van der Waals surface area contributed by atoms with Crippen molar-refractivity contribution in [1.82, 2.24) is 20.1 Å². The van der Waals surface area contributed by atoms with Gasteiger partial charge in [0.25, 0.3) is 5.91 Å². The predicted octanol–water partition coefficient (Wildman–Crippen LogP) is 1.53. The lowest BCUT2D eigenvalue weighted by molar-refractivity contribution is 0.0953. The molecule has 0 radical (unpaired) electrons. The zero-order valence-electron chi connectivity index (χ0n) is 12.4. The number of H-pyrrole nitrogens is 1. The number of pyridine rings is 1. The summed E-state index contributed by atoms with van der Waals surface area (Å²) in [6.45, 7) is 0.527. The summed E-state index contributed by atoms with van der Waals surface area (Å²) in [5, 5.41) is 7.01. The van der Waals surface area contributed by atoms with Crippen LogP contribution in [0.15, 0.2) is 65.8 Å². The Hall–Kier alpha value is -3.15. The minimum atomic E-state index is -0.223. The van der Waals surface area contributed by atoms with Crippen molar-refractivity contribution in [3.8, 4) is 5.69 Å². The number of benzene rings is 1. The van der Waals surface area contributed by atoms with Crippen molar-refractivity contribution in [3.63, 3.8) is 0 Å². The average Bonchev–Trinajstić information content (AvgIpc) is 3.10. The number of aromatic nitrogens is 3. The Morgan fingerprint density at radius 3 is 2.65 bits per heavy atom. The van der Waals surface area contributed by atoms with Crippen LogP contribution in [0.25, 0.3) is 5.69 Å². The molecule has 6 nitrogen and oxygen atoms in total. The third kappa shape index (κ3) is 3.74. The maximum absolute atomic E-state index is 11.9. The van der Waals surface area contributed by atoms with E-state index in [1.54, 1.807) is 10.9 Å². The average molecular weight is 308 g/mol. The molecule has 0 spiro atoms. The predicted molar refractivity (Wildman–Crippen MR) is 86.7 cm³/mol. The van der Waals surface area contributed by atoms with Gasteiger partial charge in [-0.15, -0.1) is 0 Å². The second kappa shape index (κ2) is 6.74. The molecule has 23 heavy (non-hydrogen) atoms. The smallest absolute Gasteiger partial charge is 0.252 e. The van der Waals surface area contributed by atoms with Crippen molar-refractivity contribution in [2.45, 2.75) is 6.42 Å². The highest BCUT2D eigenvalue weighted by Crippen LogP contribution is 2.08. The van der Waals surface area contributed by atoms with Gasteiger partial charge in [-0.25, -0.2) is 4.68 Å². The Bertz CT molecular complexity index is 815. The molecule has 0 aliphatic carbocycles.